The second kappa shape index (κ2) is 20.4. The zero-order valence-electron chi connectivity index (χ0n) is 34.0. The number of carbonyl (C=O) groups is 6. The van der Waals surface area contributed by atoms with Gasteiger partial charge in [-0.15, -0.1) is 0 Å². The number of nitrogens with two attached hydrogens (primary N) is 2. The smallest absolute Gasteiger partial charge is 0.508 e. The minimum absolute atomic E-state index is 0.0155. The van der Waals surface area contributed by atoms with Gasteiger partial charge in [-0.25, -0.2) is 9.97 Å². The molecule has 2 aromatic heterocycles. The van der Waals surface area contributed by atoms with Gasteiger partial charge in [-0.1, -0.05) is 84.9 Å². The van der Waals surface area contributed by atoms with E-state index in [1.54, 1.807) is 73.7 Å². The third kappa shape index (κ3) is 12.5. The maximum atomic E-state index is 12.9. The second-order valence-corrected chi connectivity index (χ2v) is 15.3. The van der Waals surface area contributed by atoms with E-state index < -0.39 is 68.7 Å². The van der Waals surface area contributed by atoms with Gasteiger partial charge in [0.1, 0.15) is 35.0 Å². The summed E-state index contributed by atoms with van der Waals surface area (Å²) in [5.41, 5.74) is 7.24. The number of aryl methyl sites for hydroxylation is 2. The Bertz CT molecular complexity index is 2820. The average molecular weight is 919 g/mol. The molecule has 2 atom stereocenters. The maximum Gasteiger partial charge on any atom is 0.534 e. The van der Waals surface area contributed by atoms with Gasteiger partial charge in [0.25, 0.3) is 23.6 Å². The normalized spacial score (nSPS) is 12.1. The molecule has 0 fully saturated rings. The number of halogens is 3. The van der Waals surface area contributed by atoms with Crippen molar-refractivity contribution in [1.82, 2.24) is 20.6 Å². The number of carbonyl (C=O) groups excluding carboxylic acids is 6. The highest BCUT2D eigenvalue weighted by Gasteiger charge is 2.48. The van der Waals surface area contributed by atoms with Gasteiger partial charge in [-0.05, 0) is 35.4 Å². The van der Waals surface area contributed by atoms with Crippen LogP contribution in [0.25, 0.3) is 22.5 Å². The highest BCUT2D eigenvalue weighted by molar-refractivity contribution is 7.88. The summed E-state index contributed by atoms with van der Waals surface area (Å²) in [4.78, 5) is 81.8. The molecule has 0 bridgehead atoms. The van der Waals surface area contributed by atoms with E-state index in [9.17, 15) is 55.5 Å². The van der Waals surface area contributed by atoms with Crippen LogP contribution in [0.3, 0.4) is 0 Å². The standard InChI is InChI=1S/C22H18F3N3O7S.C21H19N3O5/c1-12-27-17(14-5-3-2-4-6-14)19(34-12)21(31)28-16(18(29)20(26)30)11-13-7-9-15(10-8-13)35-36(32,33)22(23,24)25;1-12-23-17(14-5-3-2-4-6-14)19(29-12)21(28)24-16(18(26)20(22)27)11-13-7-9-15(25)10-8-13/h2-10,16H,11H2,1H3,(H2,26,30)(H,28,31);2-10,16,25H,11H2,1H3,(H2,22,27)(H,24,28)/t2*16-/m00/s1. The van der Waals surface area contributed by atoms with E-state index >= 15 is 0 Å². The van der Waals surface area contributed by atoms with Gasteiger partial charge in [-0.3, -0.25) is 28.8 Å². The topological polar surface area (TPSA) is 294 Å². The molecule has 0 aliphatic heterocycles. The lowest BCUT2D eigenvalue weighted by Gasteiger charge is -2.16. The summed E-state index contributed by atoms with van der Waals surface area (Å²) in [6, 6.07) is 25.0. The zero-order chi connectivity index (χ0) is 47.6. The van der Waals surface area contributed by atoms with Crippen LogP contribution in [0.2, 0.25) is 0 Å². The number of aromatic hydroxyl groups is 1. The Labute approximate surface area is 366 Å². The van der Waals surface area contributed by atoms with Gasteiger partial charge < -0.3 is 40.2 Å². The molecule has 22 heteroatoms. The minimum atomic E-state index is -5.87. The fourth-order valence-corrected chi connectivity index (χ4v) is 6.37. The summed E-state index contributed by atoms with van der Waals surface area (Å²) >= 11 is 0. The third-order valence-electron chi connectivity index (χ3n) is 8.93. The molecule has 0 aliphatic carbocycles. The quantitative estimate of drug-likeness (QED) is 0.0521. The van der Waals surface area contributed by atoms with Crippen molar-refractivity contribution in [2.24, 2.45) is 11.5 Å². The first-order valence-electron chi connectivity index (χ1n) is 18.9. The molecular weight excluding hydrogens is 882 g/mol. The van der Waals surface area contributed by atoms with Crippen LogP contribution >= 0.6 is 0 Å². The van der Waals surface area contributed by atoms with Crippen molar-refractivity contribution in [2.45, 2.75) is 44.3 Å². The minimum Gasteiger partial charge on any atom is -0.508 e. The second-order valence-electron chi connectivity index (χ2n) is 13.8. The first-order chi connectivity index (χ1) is 30.6. The Morgan fingerprint density at radius 1 is 0.646 bits per heavy atom. The first-order valence-corrected chi connectivity index (χ1v) is 20.3. The predicted octanol–water partition coefficient (Wildman–Crippen LogP) is 4.03. The number of phenols is 1. The van der Waals surface area contributed by atoms with Crippen LogP contribution in [-0.4, -0.2) is 76.3 Å². The summed E-state index contributed by atoms with van der Waals surface area (Å²) in [6.07, 6.45) is -0.296. The number of alkyl halides is 3. The summed E-state index contributed by atoms with van der Waals surface area (Å²) in [5.74, 6) is -6.57. The van der Waals surface area contributed by atoms with Crippen LogP contribution in [0.15, 0.2) is 118 Å². The largest absolute Gasteiger partial charge is 0.534 e. The molecule has 2 heterocycles. The summed E-state index contributed by atoms with van der Waals surface area (Å²) in [6.45, 7) is 3.11. The number of rotatable bonds is 16. The van der Waals surface area contributed by atoms with Gasteiger partial charge in [0.2, 0.25) is 23.1 Å². The number of nitrogens with zero attached hydrogens (tertiary/aromatic N) is 2. The molecule has 0 spiro atoms. The van der Waals surface area contributed by atoms with Crippen molar-refractivity contribution in [3.8, 4) is 34.0 Å². The molecule has 7 N–H and O–H groups in total. The predicted molar refractivity (Wildman–Crippen MR) is 222 cm³/mol. The lowest BCUT2D eigenvalue weighted by Crippen LogP contribution is -2.47. The third-order valence-corrected chi connectivity index (χ3v) is 9.91. The number of phenolic OH excluding ortho intramolecular Hbond substituents is 1. The molecule has 18 nitrogen and oxygen atoms in total. The molecule has 4 aromatic carbocycles. The van der Waals surface area contributed by atoms with E-state index in [2.05, 4.69) is 24.8 Å². The number of aromatic nitrogens is 2. The van der Waals surface area contributed by atoms with Crippen molar-refractivity contribution in [3.05, 3.63) is 144 Å². The fraction of sp³-hybridized carbons (Fsp3) is 0.163. The number of oxazole rings is 2. The molecule has 338 valence electrons. The number of ketones is 2. The van der Waals surface area contributed by atoms with E-state index in [-0.39, 0.29) is 53.2 Å². The van der Waals surface area contributed by atoms with E-state index in [1.807, 2.05) is 6.07 Å². The number of amides is 4. The molecule has 0 saturated heterocycles. The Balaban J connectivity index is 0.000000250. The van der Waals surface area contributed by atoms with Crippen LogP contribution in [0.4, 0.5) is 13.2 Å². The van der Waals surface area contributed by atoms with Crippen LogP contribution in [-0.2, 0) is 42.1 Å². The van der Waals surface area contributed by atoms with Crippen molar-refractivity contribution >= 4 is 45.3 Å². The number of hydrogen-bond acceptors (Lipinski definition) is 14. The summed E-state index contributed by atoms with van der Waals surface area (Å²) in [7, 11) is -5.87. The van der Waals surface area contributed by atoms with Crippen molar-refractivity contribution in [2.75, 3.05) is 0 Å². The van der Waals surface area contributed by atoms with Gasteiger partial charge >= 0.3 is 15.6 Å². The van der Waals surface area contributed by atoms with E-state index in [4.69, 9.17) is 20.3 Å². The molecule has 0 radical (unpaired) electrons. The van der Waals surface area contributed by atoms with Crippen LogP contribution < -0.4 is 26.3 Å². The van der Waals surface area contributed by atoms with Gasteiger partial charge in [0.15, 0.2) is 11.8 Å². The SMILES string of the molecule is Cc1nc(-c2ccccc2)c(C(=O)N[C@@H](Cc2ccc(O)cc2)C(=O)C(N)=O)o1.Cc1nc(-c2ccccc2)c(C(=O)N[C@@H](Cc2ccc(OS(=O)(=O)C(F)(F)F)cc2)C(=O)C(N)=O)o1. The van der Waals surface area contributed by atoms with Gasteiger partial charge in [0, 0.05) is 37.8 Å². The van der Waals surface area contributed by atoms with Crippen molar-refractivity contribution in [1.29, 1.82) is 0 Å². The Morgan fingerprint density at radius 3 is 1.37 bits per heavy atom. The monoisotopic (exact) mass is 918 g/mol. The van der Waals surface area contributed by atoms with Crippen LogP contribution in [0, 0.1) is 13.8 Å². The van der Waals surface area contributed by atoms with Crippen LogP contribution in [0.1, 0.15) is 44.0 Å². The van der Waals surface area contributed by atoms with E-state index in [0.29, 0.717) is 22.4 Å². The van der Waals surface area contributed by atoms with Crippen LogP contribution in [0.5, 0.6) is 11.5 Å². The molecule has 0 aliphatic rings. The Hall–Kier alpha value is -8.14. The highest BCUT2D eigenvalue weighted by atomic mass is 32.2. The Morgan fingerprint density at radius 2 is 1.02 bits per heavy atom. The number of benzene rings is 4. The molecule has 0 unspecified atom stereocenters. The Kier molecular flexibility index (Phi) is 15.0. The summed E-state index contributed by atoms with van der Waals surface area (Å²) < 4.78 is 74.6. The van der Waals surface area contributed by atoms with Gasteiger partial charge in [-0.2, -0.15) is 21.6 Å². The molecule has 0 saturated carbocycles. The number of hydrogen-bond donors (Lipinski definition) is 5. The number of Topliss-reactive ketones (excluding diaryl/α,β-unsaturated/α-hetero) is 2. The van der Waals surface area contributed by atoms with Crippen molar-refractivity contribution in [3.63, 3.8) is 0 Å². The molecule has 6 aromatic rings. The molecule has 65 heavy (non-hydrogen) atoms. The lowest BCUT2D eigenvalue weighted by atomic mass is 10.0. The molecular formula is C43H37F3N6O12S. The molecule has 6 rings (SSSR count). The molecule has 4 amide bonds. The first kappa shape index (κ1) is 47.9. The fourth-order valence-electron chi connectivity index (χ4n) is 5.91. The van der Waals surface area contributed by atoms with Gasteiger partial charge in [0.05, 0.1) is 0 Å². The lowest BCUT2D eigenvalue weighted by molar-refractivity contribution is -0.137. The highest BCUT2D eigenvalue weighted by Crippen LogP contribution is 2.28. The number of primary amides is 2. The number of nitrogens with one attached hydrogen (secondary N) is 2. The van der Waals surface area contributed by atoms with E-state index in [0.717, 1.165) is 24.3 Å². The van der Waals surface area contributed by atoms with E-state index in [1.165, 1.54) is 19.1 Å². The zero-order valence-corrected chi connectivity index (χ0v) is 34.8. The average Bonchev–Trinajstić information content (AvgIpc) is 3.87. The van der Waals surface area contributed by atoms with Crippen molar-refractivity contribution < 1.29 is 68.5 Å². The summed E-state index contributed by atoms with van der Waals surface area (Å²) in [5, 5.41) is 14.3. The maximum absolute atomic E-state index is 12.9.